The maximum Gasteiger partial charge on any atom is 0.0240 e. The van der Waals surface area contributed by atoms with Gasteiger partial charge in [0.05, 0.1) is 0 Å². The predicted molar refractivity (Wildman–Crippen MR) is 84.3 cm³/mol. The predicted octanol–water partition coefficient (Wildman–Crippen LogP) is 4.41. The Bertz CT molecular complexity index is 509. The molecule has 3 rings (SSSR count). The highest BCUT2D eigenvalue weighted by Crippen LogP contribution is 2.27. The Morgan fingerprint density at radius 2 is 1.25 bits per heavy atom. The maximum atomic E-state index is 2.51. The Morgan fingerprint density at radius 1 is 0.750 bits per heavy atom. The van der Waals surface area contributed by atoms with Gasteiger partial charge in [-0.25, -0.2) is 0 Å². The van der Waals surface area contributed by atoms with Gasteiger partial charge < -0.3 is 0 Å². The lowest BCUT2D eigenvalue weighted by atomic mass is 10.1. The second-order valence-electron chi connectivity index (χ2n) is 5.50. The van der Waals surface area contributed by atoms with E-state index in [2.05, 4.69) is 71.6 Å². The smallest absolute Gasteiger partial charge is 0.0240 e. The van der Waals surface area contributed by atoms with E-state index in [1.165, 1.54) is 24.0 Å². The van der Waals surface area contributed by atoms with E-state index in [1.54, 1.807) is 5.57 Å². The zero-order chi connectivity index (χ0) is 13.6. The fourth-order valence-electron chi connectivity index (χ4n) is 2.40. The molecule has 1 nitrogen and oxygen atoms in total. The highest BCUT2D eigenvalue weighted by atomic mass is 15.1. The largest absolute Gasteiger partial charge is 0.291 e. The molecule has 102 valence electrons. The molecule has 0 amide bonds. The minimum Gasteiger partial charge on any atom is -0.291 e. The van der Waals surface area contributed by atoms with Crippen molar-refractivity contribution in [3.05, 3.63) is 83.4 Å². The summed E-state index contributed by atoms with van der Waals surface area (Å²) in [7, 11) is 0. The quantitative estimate of drug-likeness (QED) is 0.698. The van der Waals surface area contributed by atoms with E-state index < -0.39 is 0 Å². The summed E-state index contributed by atoms with van der Waals surface area (Å²) in [5.41, 5.74) is 4.39. The van der Waals surface area contributed by atoms with E-state index in [0.717, 1.165) is 19.6 Å². The van der Waals surface area contributed by atoms with E-state index in [-0.39, 0.29) is 0 Å². The number of allylic oxidation sites excluding steroid dienone is 1. The summed E-state index contributed by atoms with van der Waals surface area (Å²) in [6, 6.07) is 21.5. The number of hydrogen-bond acceptors (Lipinski definition) is 1. The van der Waals surface area contributed by atoms with Gasteiger partial charge in [-0.05, 0) is 24.0 Å². The third-order valence-electron chi connectivity index (χ3n) is 3.67. The van der Waals surface area contributed by atoms with Crippen LogP contribution in [0.4, 0.5) is 0 Å². The molecule has 2 aromatic carbocycles. The Labute approximate surface area is 121 Å². The van der Waals surface area contributed by atoms with Crippen LogP contribution in [-0.4, -0.2) is 11.4 Å². The lowest BCUT2D eigenvalue weighted by Gasteiger charge is -2.21. The van der Waals surface area contributed by atoms with Crippen molar-refractivity contribution < 1.29 is 0 Å². The van der Waals surface area contributed by atoms with Gasteiger partial charge in [-0.3, -0.25) is 4.90 Å². The Kier molecular flexibility index (Phi) is 4.29. The summed E-state index contributed by atoms with van der Waals surface area (Å²) < 4.78 is 0. The van der Waals surface area contributed by atoms with Gasteiger partial charge in [0.2, 0.25) is 0 Å². The van der Waals surface area contributed by atoms with Crippen molar-refractivity contribution in [2.45, 2.75) is 25.9 Å². The van der Waals surface area contributed by atoms with Gasteiger partial charge in [0.25, 0.3) is 0 Å². The van der Waals surface area contributed by atoms with Crippen LogP contribution >= 0.6 is 0 Å². The Hall–Kier alpha value is -1.86. The van der Waals surface area contributed by atoms with Crippen LogP contribution in [0, 0.1) is 0 Å². The molecule has 2 aromatic rings. The van der Waals surface area contributed by atoms with Crippen LogP contribution in [0.2, 0.25) is 0 Å². The second kappa shape index (κ2) is 6.53. The van der Waals surface area contributed by atoms with Crippen molar-refractivity contribution in [1.29, 1.82) is 0 Å². The third kappa shape index (κ3) is 4.07. The molecule has 0 atom stereocenters. The molecule has 1 heteroatoms. The van der Waals surface area contributed by atoms with E-state index >= 15 is 0 Å². The number of rotatable bonds is 6. The van der Waals surface area contributed by atoms with Crippen molar-refractivity contribution >= 4 is 0 Å². The van der Waals surface area contributed by atoms with Crippen molar-refractivity contribution in [3.63, 3.8) is 0 Å². The summed E-state index contributed by atoms with van der Waals surface area (Å²) in [6.45, 7) is 3.08. The number of benzene rings is 2. The molecule has 1 aliphatic rings. The van der Waals surface area contributed by atoms with Crippen LogP contribution in [0.3, 0.4) is 0 Å². The summed E-state index contributed by atoms with van der Waals surface area (Å²) in [5.74, 6) is 0. The second-order valence-corrected chi connectivity index (χ2v) is 5.50. The molecule has 0 unspecified atom stereocenters. The Morgan fingerprint density at radius 3 is 1.70 bits per heavy atom. The maximum absolute atomic E-state index is 2.51. The molecule has 0 aliphatic heterocycles. The van der Waals surface area contributed by atoms with Crippen LogP contribution in [0.5, 0.6) is 0 Å². The normalized spacial score (nSPS) is 13.6. The van der Waals surface area contributed by atoms with E-state index in [1.807, 2.05) is 0 Å². The number of nitrogens with zero attached hydrogens (tertiary/aromatic N) is 1. The molecule has 0 radical (unpaired) electrons. The minimum absolute atomic E-state index is 1.01. The summed E-state index contributed by atoms with van der Waals surface area (Å²) in [4.78, 5) is 2.51. The average Bonchev–Trinajstić information content (AvgIpc) is 3.31. The standard InChI is InChI=1S/C19H21N/c1-3-7-18(8-4-1)15-20(14-13-17-11-12-17)16-19-9-5-2-6-10-19/h1-10,13H,11-12,14-16H2. The Balaban J connectivity index is 1.68. The van der Waals surface area contributed by atoms with Crippen molar-refractivity contribution in [2.24, 2.45) is 0 Å². The lowest BCUT2D eigenvalue weighted by molar-refractivity contribution is 0.286. The van der Waals surface area contributed by atoms with E-state index in [0.29, 0.717) is 0 Å². The van der Waals surface area contributed by atoms with Gasteiger partial charge in [0, 0.05) is 19.6 Å². The van der Waals surface area contributed by atoms with Gasteiger partial charge in [0.1, 0.15) is 0 Å². The molecule has 1 aliphatic carbocycles. The molecule has 0 spiro atoms. The van der Waals surface area contributed by atoms with Gasteiger partial charge in [-0.1, -0.05) is 72.3 Å². The average molecular weight is 263 g/mol. The lowest BCUT2D eigenvalue weighted by Crippen LogP contribution is -2.22. The fraction of sp³-hybridized carbons (Fsp3) is 0.263. The molecule has 0 bridgehead atoms. The van der Waals surface area contributed by atoms with Crippen LogP contribution in [-0.2, 0) is 13.1 Å². The molecule has 0 aromatic heterocycles. The van der Waals surface area contributed by atoms with Crippen molar-refractivity contribution in [2.75, 3.05) is 6.54 Å². The van der Waals surface area contributed by atoms with Gasteiger partial charge in [-0.2, -0.15) is 0 Å². The zero-order valence-corrected chi connectivity index (χ0v) is 11.8. The summed E-state index contributed by atoms with van der Waals surface area (Å²) >= 11 is 0. The van der Waals surface area contributed by atoms with Crippen LogP contribution < -0.4 is 0 Å². The minimum atomic E-state index is 1.01. The SMILES string of the molecule is C(CN(Cc1ccccc1)Cc1ccccc1)=C1CC1. The first-order valence-corrected chi connectivity index (χ1v) is 7.38. The molecule has 1 fully saturated rings. The van der Waals surface area contributed by atoms with Gasteiger partial charge in [0.15, 0.2) is 0 Å². The molecular formula is C19H21N. The summed E-state index contributed by atoms with van der Waals surface area (Å²) in [6.07, 6.45) is 5.03. The van der Waals surface area contributed by atoms with Gasteiger partial charge in [-0.15, -0.1) is 0 Å². The topological polar surface area (TPSA) is 3.24 Å². The van der Waals surface area contributed by atoms with Crippen molar-refractivity contribution in [3.8, 4) is 0 Å². The highest BCUT2D eigenvalue weighted by molar-refractivity contribution is 5.19. The van der Waals surface area contributed by atoms with Crippen LogP contribution in [0.1, 0.15) is 24.0 Å². The monoisotopic (exact) mass is 263 g/mol. The first kappa shape index (κ1) is 13.1. The molecule has 1 saturated carbocycles. The van der Waals surface area contributed by atoms with Crippen molar-refractivity contribution in [1.82, 2.24) is 4.90 Å². The van der Waals surface area contributed by atoms with Crippen LogP contribution in [0.25, 0.3) is 0 Å². The molecular weight excluding hydrogens is 242 g/mol. The van der Waals surface area contributed by atoms with E-state index in [9.17, 15) is 0 Å². The zero-order valence-electron chi connectivity index (χ0n) is 11.8. The third-order valence-corrected chi connectivity index (χ3v) is 3.67. The number of hydrogen-bond donors (Lipinski definition) is 0. The first-order chi connectivity index (χ1) is 9.90. The molecule has 0 heterocycles. The van der Waals surface area contributed by atoms with Gasteiger partial charge >= 0.3 is 0 Å². The highest BCUT2D eigenvalue weighted by Gasteiger charge is 2.12. The molecule has 0 N–H and O–H groups in total. The van der Waals surface area contributed by atoms with E-state index in [4.69, 9.17) is 0 Å². The summed E-state index contributed by atoms with van der Waals surface area (Å²) in [5, 5.41) is 0. The fourth-order valence-corrected chi connectivity index (χ4v) is 2.40. The first-order valence-electron chi connectivity index (χ1n) is 7.38. The molecule has 0 saturated heterocycles. The molecule has 20 heavy (non-hydrogen) atoms. The van der Waals surface area contributed by atoms with Crippen LogP contribution in [0.15, 0.2) is 72.3 Å².